The van der Waals surface area contributed by atoms with Crippen molar-refractivity contribution in [2.75, 3.05) is 19.6 Å². The van der Waals surface area contributed by atoms with Crippen molar-refractivity contribution < 1.29 is 14.7 Å². The number of hydrogen-bond acceptors (Lipinski definition) is 3. The first-order valence-electron chi connectivity index (χ1n) is 7.31. The van der Waals surface area contributed by atoms with Gasteiger partial charge in [-0.2, -0.15) is 0 Å². The van der Waals surface area contributed by atoms with Crippen molar-refractivity contribution in [1.29, 1.82) is 0 Å². The molecule has 0 aromatic rings. The molecule has 0 radical (unpaired) electrons. The van der Waals surface area contributed by atoms with Crippen LogP contribution in [0.1, 0.15) is 51.9 Å². The highest BCUT2D eigenvalue weighted by Gasteiger charge is 2.41. The minimum atomic E-state index is -0.815. The zero-order valence-corrected chi connectivity index (χ0v) is 11.8. The van der Waals surface area contributed by atoms with E-state index in [1.165, 1.54) is 0 Å². The van der Waals surface area contributed by atoms with E-state index in [1.54, 1.807) is 0 Å². The van der Waals surface area contributed by atoms with Crippen molar-refractivity contribution >= 4 is 11.9 Å². The maximum atomic E-state index is 11.9. The van der Waals surface area contributed by atoms with E-state index in [1.807, 2.05) is 6.92 Å². The maximum Gasteiger partial charge on any atom is 0.310 e. The fourth-order valence-electron chi connectivity index (χ4n) is 2.68. The molecule has 0 heterocycles. The standard InChI is InChI=1S/C14H26N2O3/c1-2-15-9-6-10-16-12(17)11-14(13(18)19)7-4-3-5-8-14/h15H,2-11H2,1H3,(H,16,17)(H,18,19). The van der Waals surface area contributed by atoms with Crippen LogP contribution in [0.3, 0.4) is 0 Å². The topological polar surface area (TPSA) is 78.4 Å². The molecule has 5 heteroatoms. The third-order valence-corrected chi connectivity index (χ3v) is 3.87. The zero-order valence-electron chi connectivity index (χ0n) is 11.8. The molecule has 1 aliphatic rings. The molecule has 0 aromatic carbocycles. The van der Waals surface area contributed by atoms with Crippen molar-refractivity contribution in [1.82, 2.24) is 10.6 Å². The molecule has 0 aromatic heterocycles. The summed E-state index contributed by atoms with van der Waals surface area (Å²) in [5.74, 6) is -0.934. The summed E-state index contributed by atoms with van der Waals surface area (Å²) >= 11 is 0. The first-order chi connectivity index (χ1) is 9.10. The van der Waals surface area contributed by atoms with Crippen LogP contribution in [0.15, 0.2) is 0 Å². The molecule has 1 saturated carbocycles. The lowest BCUT2D eigenvalue weighted by Gasteiger charge is -2.32. The highest BCUT2D eigenvalue weighted by molar-refractivity contribution is 5.85. The van der Waals surface area contributed by atoms with Crippen LogP contribution in [-0.2, 0) is 9.59 Å². The van der Waals surface area contributed by atoms with Gasteiger partial charge in [0.1, 0.15) is 0 Å². The van der Waals surface area contributed by atoms with Crippen molar-refractivity contribution in [3.63, 3.8) is 0 Å². The smallest absolute Gasteiger partial charge is 0.310 e. The van der Waals surface area contributed by atoms with Gasteiger partial charge < -0.3 is 15.7 Å². The van der Waals surface area contributed by atoms with Crippen LogP contribution in [0, 0.1) is 5.41 Å². The maximum absolute atomic E-state index is 11.9. The summed E-state index contributed by atoms with van der Waals surface area (Å²) < 4.78 is 0. The van der Waals surface area contributed by atoms with Crippen LogP contribution in [0.5, 0.6) is 0 Å². The van der Waals surface area contributed by atoms with Crippen LogP contribution in [0.25, 0.3) is 0 Å². The minimum absolute atomic E-state index is 0.124. The average Bonchev–Trinajstić information content (AvgIpc) is 2.39. The Morgan fingerprint density at radius 3 is 2.42 bits per heavy atom. The van der Waals surface area contributed by atoms with Gasteiger partial charge in [0, 0.05) is 13.0 Å². The fraction of sp³-hybridized carbons (Fsp3) is 0.857. The largest absolute Gasteiger partial charge is 0.481 e. The van der Waals surface area contributed by atoms with Gasteiger partial charge >= 0.3 is 5.97 Å². The van der Waals surface area contributed by atoms with E-state index in [4.69, 9.17) is 0 Å². The molecule has 1 aliphatic carbocycles. The Bertz CT molecular complexity index is 299. The van der Waals surface area contributed by atoms with Crippen LogP contribution in [-0.4, -0.2) is 36.6 Å². The summed E-state index contributed by atoms with van der Waals surface area (Å²) in [6.07, 6.45) is 5.18. The number of hydrogen-bond donors (Lipinski definition) is 3. The third-order valence-electron chi connectivity index (χ3n) is 3.87. The van der Waals surface area contributed by atoms with Gasteiger partial charge in [0.05, 0.1) is 5.41 Å². The summed E-state index contributed by atoms with van der Waals surface area (Å²) in [4.78, 5) is 23.3. The fourth-order valence-corrected chi connectivity index (χ4v) is 2.68. The molecule has 19 heavy (non-hydrogen) atoms. The van der Waals surface area contributed by atoms with Gasteiger partial charge in [-0.1, -0.05) is 26.2 Å². The first-order valence-corrected chi connectivity index (χ1v) is 7.31. The molecule has 3 N–H and O–H groups in total. The second kappa shape index (κ2) is 8.15. The molecule has 0 unspecified atom stereocenters. The second-order valence-electron chi connectivity index (χ2n) is 5.38. The monoisotopic (exact) mass is 270 g/mol. The molecule has 1 rings (SSSR count). The quantitative estimate of drug-likeness (QED) is 0.584. The summed E-state index contributed by atoms with van der Waals surface area (Å²) in [5, 5.41) is 15.4. The van der Waals surface area contributed by atoms with E-state index in [0.717, 1.165) is 38.8 Å². The Balaban J connectivity index is 2.33. The van der Waals surface area contributed by atoms with E-state index >= 15 is 0 Å². The van der Waals surface area contributed by atoms with Gasteiger partial charge in [0.25, 0.3) is 0 Å². The number of nitrogens with one attached hydrogen (secondary N) is 2. The molecular weight excluding hydrogens is 244 g/mol. The van der Waals surface area contributed by atoms with E-state index in [-0.39, 0.29) is 12.3 Å². The number of rotatable bonds is 8. The lowest BCUT2D eigenvalue weighted by Crippen LogP contribution is -2.39. The third kappa shape index (κ3) is 5.19. The predicted molar refractivity (Wildman–Crippen MR) is 73.9 cm³/mol. The average molecular weight is 270 g/mol. The highest BCUT2D eigenvalue weighted by atomic mass is 16.4. The molecule has 0 atom stereocenters. The Labute approximate surface area is 115 Å². The Kier molecular flexibility index (Phi) is 6.84. The van der Waals surface area contributed by atoms with Crippen molar-refractivity contribution in [2.45, 2.75) is 51.9 Å². The number of carboxylic acid groups (broad SMARTS) is 1. The molecule has 0 saturated heterocycles. The molecule has 110 valence electrons. The van der Waals surface area contributed by atoms with Crippen LogP contribution in [0.2, 0.25) is 0 Å². The Morgan fingerprint density at radius 1 is 1.16 bits per heavy atom. The van der Waals surface area contributed by atoms with Gasteiger partial charge in [-0.25, -0.2) is 0 Å². The van der Waals surface area contributed by atoms with Crippen molar-refractivity contribution in [3.8, 4) is 0 Å². The Morgan fingerprint density at radius 2 is 1.84 bits per heavy atom. The Hall–Kier alpha value is -1.10. The minimum Gasteiger partial charge on any atom is -0.481 e. The first kappa shape index (κ1) is 16.0. The lowest BCUT2D eigenvalue weighted by atomic mass is 9.71. The number of carbonyl (C=O) groups excluding carboxylic acids is 1. The normalized spacial score (nSPS) is 17.9. The van der Waals surface area contributed by atoms with Crippen LogP contribution >= 0.6 is 0 Å². The SMILES string of the molecule is CCNCCCNC(=O)CC1(C(=O)O)CCCCC1. The molecule has 0 aliphatic heterocycles. The number of carbonyl (C=O) groups is 2. The zero-order chi connectivity index (χ0) is 14.1. The molecule has 1 amide bonds. The highest BCUT2D eigenvalue weighted by Crippen LogP contribution is 2.39. The predicted octanol–water partition coefficient (Wildman–Crippen LogP) is 1.53. The lowest BCUT2D eigenvalue weighted by molar-refractivity contribution is -0.154. The molecule has 1 fully saturated rings. The number of amides is 1. The van der Waals surface area contributed by atoms with Gasteiger partial charge in [-0.15, -0.1) is 0 Å². The van der Waals surface area contributed by atoms with Crippen LogP contribution < -0.4 is 10.6 Å². The summed E-state index contributed by atoms with van der Waals surface area (Å²) in [5.41, 5.74) is -0.815. The van der Waals surface area contributed by atoms with E-state index < -0.39 is 11.4 Å². The van der Waals surface area contributed by atoms with E-state index in [0.29, 0.717) is 19.4 Å². The molecule has 5 nitrogen and oxygen atoms in total. The summed E-state index contributed by atoms with van der Waals surface area (Å²) in [6, 6.07) is 0. The number of aliphatic carboxylic acids is 1. The van der Waals surface area contributed by atoms with Gasteiger partial charge in [-0.05, 0) is 32.4 Å². The second-order valence-corrected chi connectivity index (χ2v) is 5.38. The van der Waals surface area contributed by atoms with E-state index in [9.17, 15) is 14.7 Å². The molecular formula is C14H26N2O3. The van der Waals surface area contributed by atoms with Gasteiger partial charge in [0.2, 0.25) is 5.91 Å². The van der Waals surface area contributed by atoms with Crippen molar-refractivity contribution in [2.24, 2.45) is 5.41 Å². The van der Waals surface area contributed by atoms with Gasteiger partial charge in [-0.3, -0.25) is 9.59 Å². The number of carboxylic acids is 1. The summed E-state index contributed by atoms with van der Waals surface area (Å²) in [6.45, 7) is 4.46. The molecule has 0 bridgehead atoms. The summed E-state index contributed by atoms with van der Waals surface area (Å²) in [7, 11) is 0. The van der Waals surface area contributed by atoms with Crippen LogP contribution in [0.4, 0.5) is 0 Å². The van der Waals surface area contributed by atoms with E-state index in [2.05, 4.69) is 10.6 Å². The van der Waals surface area contributed by atoms with Crippen molar-refractivity contribution in [3.05, 3.63) is 0 Å². The molecule has 0 spiro atoms. The van der Waals surface area contributed by atoms with Gasteiger partial charge in [0.15, 0.2) is 0 Å².